The molecular formula is C18H24ClNO. The molecule has 0 radical (unpaired) electrons. The number of methoxy groups -OCH3 is 1. The maximum atomic E-state index is 6.80. The average Bonchev–Trinajstić information content (AvgIpc) is 2.45. The van der Waals surface area contributed by atoms with E-state index < -0.39 is 0 Å². The Balaban J connectivity index is 1.71. The molecule has 0 heterocycles. The highest BCUT2D eigenvalue weighted by atomic mass is 35.5. The second-order valence-corrected chi connectivity index (χ2v) is 8.08. The number of benzene rings is 1. The highest BCUT2D eigenvalue weighted by molar-refractivity contribution is 6.30. The fraction of sp³-hybridized carbons (Fsp3) is 0.667. The van der Waals surface area contributed by atoms with Crippen molar-refractivity contribution in [2.45, 2.75) is 44.6 Å². The van der Waals surface area contributed by atoms with Crippen molar-refractivity contribution in [3.8, 4) is 5.75 Å². The summed E-state index contributed by atoms with van der Waals surface area (Å²) >= 11 is 6.21. The summed E-state index contributed by atoms with van der Waals surface area (Å²) in [6.45, 7) is 0. The Morgan fingerprint density at radius 2 is 1.71 bits per heavy atom. The molecule has 0 amide bonds. The Kier molecular flexibility index (Phi) is 3.24. The van der Waals surface area contributed by atoms with Crippen LogP contribution >= 0.6 is 11.6 Å². The van der Waals surface area contributed by atoms with Gasteiger partial charge >= 0.3 is 0 Å². The van der Waals surface area contributed by atoms with E-state index in [1.54, 1.807) is 7.11 Å². The molecule has 21 heavy (non-hydrogen) atoms. The van der Waals surface area contributed by atoms with Crippen LogP contribution in [0.15, 0.2) is 18.2 Å². The van der Waals surface area contributed by atoms with Gasteiger partial charge in [-0.15, -0.1) is 0 Å². The van der Waals surface area contributed by atoms with Gasteiger partial charge in [-0.2, -0.15) is 0 Å². The van der Waals surface area contributed by atoms with Gasteiger partial charge in [-0.25, -0.2) is 0 Å². The van der Waals surface area contributed by atoms with Gasteiger partial charge in [-0.05, 0) is 79.9 Å². The van der Waals surface area contributed by atoms with E-state index in [-0.39, 0.29) is 11.5 Å². The largest absolute Gasteiger partial charge is 0.496 e. The van der Waals surface area contributed by atoms with Crippen LogP contribution in [0.25, 0.3) is 0 Å². The van der Waals surface area contributed by atoms with Gasteiger partial charge < -0.3 is 10.5 Å². The normalized spacial score (nSPS) is 38.5. The molecule has 4 saturated carbocycles. The molecule has 0 aliphatic heterocycles. The van der Waals surface area contributed by atoms with Crippen molar-refractivity contribution in [1.82, 2.24) is 0 Å². The van der Waals surface area contributed by atoms with Gasteiger partial charge in [0, 0.05) is 16.6 Å². The minimum absolute atomic E-state index is 0.0551. The van der Waals surface area contributed by atoms with Crippen molar-refractivity contribution in [2.75, 3.05) is 7.11 Å². The van der Waals surface area contributed by atoms with E-state index in [2.05, 4.69) is 0 Å². The molecule has 4 aliphatic rings. The number of halogens is 1. The first-order valence-corrected chi connectivity index (χ1v) is 8.56. The molecule has 1 atom stereocenters. The fourth-order valence-corrected chi connectivity index (χ4v) is 6.02. The zero-order valence-corrected chi connectivity index (χ0v) is 13.4. The van der Waals surface area contributed by atoms with Crippen LogP contribution in [0.2, 0.25) is 5.02 Å². The highest BCUT2D eigenvalue weighted by Gasteiger charge is 2.54. The molecule has 4 bridgehead atoms. The van der Waals surface area contributed by atoms with Crippen molar-refractivity contribution in [3.05, 3.63) is 28.8 Å². The quantitative estimate of drug-likeness (QED) is 0.888. The lowest BCUT2D eigenvalue weighted by Crippen LogP contribution is -2.50. The zero-order chi connectivity index (χ0) is 14.6. The Morgan fingerprint density at radius 1 is 1.14 bits per heavy atom. The van der Waals surface area contributed by atoms with E-state index >= 15 is 0 Å². The predicted molar refractivity (Wildman–Crippen MR) is 85.5 cm³/mol. The third kappa shape index (κ3) is 2.19. The molecule has 114 valence electrons. The fourth-order valence-electron chi connectivity index (χ4n) is 5.84. The van der Waals surface area contributed by atoms with Gasteiger partial charge in [0.25, 0.3) is 0 Å². The van der Waals surface area contributed by atoms with E-state index in [4.69, 9.17) is 22.1 Å². The number of hydrogen-bond acceptors (Lipinski definition) is 2. The average molecular weight is 306 g/mol. The van der Waals surface area contributed by atoms with Crippen molar-refractivity contribution in [3.63, 3.8) is 0 Å². The van der Waals surface area contributed by atoms with E-state index in [1.807, 2.05) is 18.2 Å². The van der Waals surface area contributed by atoms with Gasteiger partial charge in [0.1, 0.15) is 5.75 Å². The molecule has 1 unspecified atom stereocenters. The molecule has 1 aromatic rings. The van der Waals surface area contributed by atoms with E-state index in [0.717, 1.165) is 34.1 Å². The Morgan fingerprint density at radius 3 is 2.24 bits per heavy atom. The summed E-state index contributed by atoms with van der Waals surface area (Å²) < 4.78 is 5.55. The van der Waals surface area contributed by atoms with Gasteiger partial charge in [-0.1, -0.05) is 11.6 Å². The van der Waals surface area contributed by atoms with Crippen LogP contribution in [-0.2, 0) is 0 Å². The zero-order valence-electron chi connectivity index (χ0n) is 12.6. The number of hydrogen-bond donors (Lipinski definition) is 1. The molecule has 1 aromatic carbocycles. The minimum Gasteiger partial charge on any atom is -0.496 e. The molecule has 4 fully saturated rings. The van der Waals surface area contributed by atoms with E-state index in [9.17, 15) is 0 Å². The van der Waals surface area contributed by atoms with Gasteiger partial charge in [0.05, 0.1) is 7.11 Å². The van der Waals surface area contributed by atoms with Crippen molar-refractivity contribution in [2.24, 2.45) is 28.9 Å². The SMILES string of the molecule is COc1ccc(Cl)cc1C(N)C12CC3CC(CC(C3)C1)C2. The van der Waals surface area contributed by atoms with Gasteiger partial charge in [0.15, 0.2) is 0 Å². The summed E-state index contributed by atoms with van der Waals surface area (Å²) in [7, 11) is 1.72. The summed E-state index contributed by atoms with van der Waals surface area (Å²) in [5.74, 6) is 3.62. The molecule has 0 saturated heterocycles. The lowest BCUT2D eigenvalue weighted by Gasteiger charge is -2.59. The van der Waals surface area contributed by atoms with Crippen LogP contribution in [-0.4, -0.2) is 7.11 Å². The summed E-state index contributed by atoms with van der Waals surface area (Å²) in [6, 6.07) is 5.91. The number of rotatable bonds is 3. The van der Waals surface area contributed by atoms with Crippen LogP contribution in [0, 0.1) is 23.2 Å². The maximum absolute atomic E-state index is 6.80. The van der Waals surface area contributed by atoms with Crippen LogP contribution in [0.3, 0.4) is 0 Å². The third-order valence-electron chi connectivity index (χ3n) is 6.27. The first kappa shape index (κ1) is 13.9. The van der Waals surface area contributed by atoms with Crippen LogP contribution < -0.4 is 10.5 Å². The molecular weight excluding hydrogens is 282 g/mol. The summed E-state index contributed by atoms with van der Waals surface area (Å²) in [5.41, 5.74) is 8.19. The Bertz CT molecular complexity index is 521. The molecule has 0 aromatic heterocycles. The van der Waals surface area contributed by atoms with E-state index in [1.165, 1.54) is 38.5 Å². The topological polar surface area (TPSA) is 35.2 Å². The minimum atomic E-state index is 0.0551. The molecule has 2 N–H and O–H groups in total. The number of ether oxygens (including phenoxy) is 1. The molecule has 3 heteroatoms. The molecule has 0 spiro atoms. The summed E-state index contributed by atoms with van der Waals surface area (Å²) in [4.78, 5) is 0. The second kappa shape index (κ2) is 4.89. The lowest BCUT2D eigenvalue weighted by molar-refractivity contribution is -0.0680. The first-order valence-electron chi connectivity index (χ1n) is 8.18. The molecule has 4 aliphatic carbocycles. The molecule has 5 rings (SSSR count). The van der Waals surface area contributed by atoms with E-state index in [0.29, 0.717) is 0 Å². The highest BCUT2D eigenvalue weighted by Crippen LogP contribution is 2.64. The summed E-state index contributed by atoms with van der Waals surface area (Å²) in [6.07, 6.45) is 8.23. The van der Waals surface area contributed by atoms with Crippen molar-refractivity contribution >= 4 is 11.6 Å². The van der Waals surface area contributed by atoms with Crippen LogP contribution in [0.4, 0.5) is 0 Å². The van der Waals surface area contributed by atoms with Crippen LogP contribution in [0.5, 0.6) is 5.75 Å². The van der Waals surface area contributed by atoms with Crippen molar-refractivity contribution < 1.29 is 4.74 Å². The smallest absolute Gasteiger partial charge is 0.123 e. The monoisotopic (exact) mass is 305 g/mol. The first-order chi connectivity index (χ1) is 10.1. The number of nitrogens with two attached hydrogens (primary N) is 1. The maximum Gasteiger partial charge on any atom is 0.123 e. The second-order valence-electron chi connectivity index (χ2n) is 7.64. The summed E-state index contributed by atoms with van der Waals surface area (Å²) in [5, 5.41) is 0.756. The van der Waals surface area contributed by atoms with Gasteiger partial charge in [-0.3, -0.25) is 0 Å². The third-order valence-corrected chi connectivity index (χ3v) is 6.51. The standard InChI is InChI=1S/C18H24ClNO/c1-21-16-3-2-14(19)7-15(16)17(20)18-8-11-4-12(9-18)6-13(5-11)10-18/h2-3,7,11-13,17H,4-6,8-10,20H2,1H3. The lowest BCUT2D eigenvalue weighted by atomic mass is 9.47. The van der Waals surface area contributed by atoms with Crippen LogP contribution in [0.1, 0.15) is 50.1 Å². The van der Waals surface area contributed by atoms with Gasteiger partial charge in [0.2, 0.25) is 0 Å². The predicted octanol–water partition coefficient (Wildman–Crippen LogP) is 4.56. The molecule has 2 nitrogen and oxygen atoms in total. The van der Waals surface area contributed by atoms with Crippen molar-refractivity contribution in [1.29, 1.82) is 0 Å². The Labute approximate surface area is 132 Å². The Hall–Kier alpha value is -0.730.